The lowest BCUT2D eigenvalue weighted by atomic mass is 9.80. The van der Waals surface area contributed by atoms with Crippen LogP contribution in [-0.2, 0) is 0 Å². The number of rotatable bonds is 7. The van der Waals surface area contributed by atoms with Gasteiger partial charge in [0.25, 0.3) is 0 Å². The van der Waals surface area contributed by atoms with Crippen LogP contribution in [0.15, 0.2) is 40.3 Å². The van der Waals surface area contributed by atoms with Crippen molar-refractivity contribution in [3.63, 3.8) is 0 Å². The summed E-state index contributed by atoms with van der Waals surface area (Å²) in [6.07, 6.45) is 5.91. The van der Waals surface area contributed by atoms with Gasteiger partial charge in [-0.15, -0.1) is 0 Å². The lowest BCUT2D eigenvalue weighted by molar-refractivity contribution is 0.210. The molecule has 0 saturated heterocycles. The van der Waals surface area contributed by atoms with Crippen LogP contribution in [-0.4, -0.2) is 13.2 Å². The number of unbranched alkanes of at least 4 members (excludes halogenated alkanes) is 1. The molecule has 3 aromatic rings. The second kappa shape index (κ2) is 7.82. The Hall–Kier alpha value is -2.56. The number of hydrogen-bond donors (Lipinski definition) is 0. The van der Waals surface area contributed by atoms with Gasteiger partial charge in [-0.1, -0.05) is 25.0 Å². The Balaban J connectivity index is 1.60. The van der Waals surface area contributed by atoms with E-state index in [0.29, 0.717) is 29.9 Å². The van der Waals surface area contributed by atoms with Gasteiger partial charge < -0.3 is 13.9 Å². The highest BCUT2D eigenvalue weighted by molar-refractivity contribution is 6.06. The number of fused-ring (bicyclic) bond motifs is 3. The Morgan fingerprint density at radius 2 is 1.61 bits per heavy atom. The van der Waals surface area contributed by atoms with Gasteiger partial charge in [0.05, 0.1) is 13.2 Å². The molecule has 5 heteroatoms. The summed E-state index contributed by atoms with van der Waals surface area (Å²) in [6.45, 7) is 4.96. The van der Waals surface area contributed by atoms with Gasteiger partial charge in [0.1, 0.15) is 0 Å². The first-order valence-electron chi connectivity index (χ1n) is 9.85. The molecule has 0 bridgehead atoms. The molecule has 2 aromatic carbocycles. The van der Waals surface area contributed by atoms with Gasteiger partial charge in [0.15, 0.2) is 22.7 Å². The van der Waals surface area contributed by atoms with Crippen molar-refractivity contribution in [2.24, 2.45) is 5.92 Å². The summed E-state index contributed by atoms with van der Waals surface area (Å²) in [4.78, 5) is 0. The van der Waals surface area contributed by atoms with Gasteiger partial charge >= 0.3 is 0 Å². The molecule has 0 unspecified atom stereocenters. The molecule has 1 aliphatic rings. The molecule has 28 heavy (non-hydrogen) atoms. The molecule has 1 aromatic heterocycles. The third-order valence-corrected chi connectivity index (χ3v) is 5.36. The minimum atomic E-state index is -0.597. The lowest BCUT2D eigenvalue weighted by Gasteiger charge is -2.28. The summed E-state index contributed by atoms with van der Waals surface area (Å²) in [5.74, 6) is -0.508. The zero-order valence-electron chi connectivity index (χ0n) is 16.2. The molecule has 0 atom stereocenters. The standard InChI is InChI=1S/C23H24F2O3/c1-3-5-10-26-18-8-6-16-17-7-9-19(27-13-15-11-14(4-2)12-15)21(25)23(17)28-22(16)20(18)24/h4,6-9,15H,3,5,10-13H2,1-2H3. The lowest BCUT2D eigenvalue weighted by Crippen LogP contribution is -2.22. The van der Waals surface area contributed by atoms with E-state index >= 15 is 0 Å². The van der Waals surface area contributed by atoms with Crippen LogP contribution < -0.4 is 9.47 Å². The first kappa shape index (κ1) is 18.8. The minimum absolute atomic E-state index is 0.0109. The fourth-order valence-corrected chi connectivity index (χ4v) is 3.59. The van der Waals surface area contributed by atoms with Gasteiger partial charge in [-0.05, 0) is 50.5 Å². The van der Waals surface area contributed by atoms with E-state index in [1.54, 1.807) is 24.3 Å². The molecule has 0 aliphatic heterocycles. The van der Waals surface area contributed by atoms with E-state index in [1.165, 1.54) is 5.57 Å². The molecule has 1 saturated carbocycles. The second-order valence-electron chi connectivity index (χ2n) is 7.35. The molecule has 1 aliphatic carbocycles. The first-order chi connectivity index (χ1) is 13.6. The van der Waals surface area contributed by atoms with Crippen LogP contribution in [0, 0.1) is 17.6 Å². The monoisotopic (exact) mass is 386 g/mol. The highest BCUT2D eigenvalue weighted by atomic mass is 19.1. The number of hydrogen-bond acceptors (Lipinski definition) is 3. The third kappa shape index (κ3) is 3.34. The van der Waals surface area contributed by atoms with Crippen molar-refractivity contribution < 1.29 is 22.7 Å². The number of furan rings is 1. The van der Waals surface area contributed by atoms with E-state index in [-0.39, 0.29) is 22.7 Å². The molecular weight excluding hydrogens is 362 g/mol. The van der Waals surface area contributed by atoms with Gasteiger partial charge in [0, 0.05) is 16.7 Å². The van der Waals surface area contributed by atoms with E-state index in [0.717, 1.165) is 25.7 Å². The number of ether oxygens (including phenoxy) is 2. The third-order valence-electron chi connectivity index (χ3n) is 5.36. The maximum atomic E-state index is 14.9. The minimum Gasteiger partial charge on any atom is -0.490 e. The van der Waals surface area contributed by atoms with Crippen LogP contribution in [0.2, 0.25) is 0 Å². The number of halogens is 2. The number of benzene rings is 2. The Morgan fingerprint density at radius 1 is 1.00 bits per heavy atom. The van der Waals surface area contributed by atoms with Gasteiger partial charge in [-0.25, -0.2) is 0 Å². The molecule has 0 amide bonds. The molecule has 148 valence electrons. The predicted octanol–water partition coefficient (Wildman–Crippen LogP) is 6.78. The van der Waals surface area contributed by atoms with Crippen molar-refractivity contribution >= 4 is 21.9 Å². The zero-order chi connectivity index (χ0) is 19.7. The van der Waals surface area contributed by atoms with Crippen LogP contribution in [0.25, 0.3) is 21.9 Å². The van der Waals surface area contributed by atoms with Crippen LogP contribution >= 0.6 is 0 Å². The molecular formula is C23H24F2O3. The van der Waals surface area contributed by atoms with Crippen molar-refractivity contribution in [2.75, 3.05) is 13.2 Å². The summed E-state index contributed by atoms with van der Waals surface area (Å²) < 4.78 is 46.4. The zero-order valence-corrected chi connectivity index (χ0v) is 16.2. The maximum Gasteiger partial charge on any atom is 0.208 e. The molecule has 0 N–H and O–H groups in total. The molecule has 4 rings (SSSR count). The molecule has 1 heterocycles. The van der Waals surface area contributed by atoms with Gasteiger partial charge in [-0.3, -0.25) is 0 Å². The van der Waals surface area contributed by atoms with Crippen molar-refractivity contribution in [1.29, 1.82) is 0 Å². The van der Waals surface area contributed by atoms with Crippen LogP contribution in [0.1, 0.15) is 39.5 Å². The molecule has 0 spiro atoms. The maximum absolute atomic E-state index is 14.9. The predicted molar refractivity (Wildman–Crippen MR) is 106 cm³/mol. The fraction of sp³-hybridized carbons (Fsp3) is 0.391. The summed E-state index contributed by atoms with van der Waals surface area (Å²) in [7, 11) is 0. The van der Waals surface area contributed by atoms with Gasteiger partial charge in [0.2, 0.25) is 11.6 Å². The highest BCUT2D eigenvalue weighted by Crippen LogP contribution is 2.39. The summed E-state index contributed by atoms with van der Waals surface area (Å²) in [5, 5.41) is 1.05. The van der Waals surface area contributed by atoms with Crippen molar-refractivity contribution in [1.82, 2.24) is 0 Å². The van der Waals surface area contributed by atoms with E-state index < -0.39 is 11.6 Å². The largest absolute Gasteiger partial charge is 0.490 e. The molecule has 1 fully saturated rings. The Labute approximate surface area is 162 Å². The summed E-state index contributed by atoms with van der Waals surface area (Å²) in [5.41, 5.74) is 1.44. The molecule has 0 radical (unpaired) electrons. The Bertz CT molecular complexity index is 1030. The van der Waals surface area contributed by atoms with Crippen LogP contribution in [0.5, 0.6) is 11.5 Å². The molecule has 3 nitrogen and oxygen atoms in total. The highest BCUT2D eigenvalue weighted by Gasteiger charge is 2.24. The van der Waals surface area contributed by atoms with Gasteiger partial charge in [-0.2, -0.15) is 8.78 Å². The Morgan fingerprint density at radius 3 is 2.18 bits per heavy atom. The summed E-state index contributed by atoms with van der Waals surface area (Å²) in [6, 6.07) is 6.58. The summed E-state index contributed by atoms with van der Waals surface area (Å²) >= 11 is 0. The fourth-order valence-electron chi connectivity index (χ4n) is 3.59. The van der Waals surface area contributed by atoms with E-state index in [4.69, 9.17) is 13.9 Å². The SMILES string of the molecule is CC=C1CC(COc2ccc3c(oc4c(F)c(OCCCC)ccc43)c2F)C1. The normalized spacial score (nSPS) is 16.4. The van der Waals surface area contributed by atoms with Crippen LogP contribution in [0.3, 0.4) is 0 Å². The van der Waals surface area contributed by atoms with E-state index in [2.05, 4.69) is 6.08 Å². The van der Waals surface area contributed by atoms with E-state index in [9.17, 15) is 8.78 Å². The number of allylic oxidation sites excluding steroid dienone is 2. The van der Waals surface area contributed by atoms with Crippen LogP contribution in [0.4, 0.5) is 8.78 Å². The average Bonchev–Trinajstić information content (AvgIpc) is 3.05. The smallest absolute Gasteiger partial charge is 0.208 e. The first-order valence-corrected chi connectivity index (χ1v) is 9.85. The van der Waals surface area contributed by atoms with E-state index in [1.807, 2.05) is 13.8 Å². The quantitative estimate of drug-likeness (QED) is 0.331. The average molecular weight is 386 g/mol. The second-order valence-corrected chi connectivity index (χ2v) is 7.35. The van der Waals surface area contributed by atoms with Crippen molar-refractivity contribution in [3.05, 3.63) is 47.5 Å². The van der Waals surface area contributed by atoms with Crippen molar-refractivity contribution in [3.8, 4) is 11.5 Å². The Kier molecular flexibility index (Phi) is 5.25. The van der Waals surface area contributed by atoms with Crippen molar-refractivity contribution in [2.45, 2.75) is 39.5 Å². The topological polar surface area (TPSA) is 31.6 Å².